The van der Waals surface area contributed by atoms with Crippen LogP contribution in [0.25, 0.3) is 0 Å². The maximum absolute atomic E-state index is 6.35. The SMILES string of the molecule is CCCc1ccc(C(N)c2snnc2C(C)C)cc1. The van der Waals surface area contributed by atoms with Crippen molar-refractivity contribution >= 4 is 11.5 Å². The molecule has 3 nitrogen and oxygen atoms in total. The molecule has 0 saturated carbocycles. The summed E-state index contributed by atoms with van der Waals surface area (Å²) in [5, 5.41) is 4.20. The fraction of sp³-hybridized carbons (Fsp3) is 0.467. The minimum atomic E-state index is -0.118. The van der Waals surface area contributed by atoms with Crippen LogP contribution in [-0.4, -0.2) is 9.59 Å². The van der Waals surface area contributed by atoms with Crippen molar-refractivity contribution in [1.82, 2.24) is 9.59 Å². The molecule has 0 amide bonds. The van der Waals surface area contributed by atoms with Crippen molar-refractivity contribution in [3.8, 4) is 0 Å². The molecule has 2 N–H and O–H groups in total. The molecule has 0 aliphatic rings. The maximum atomic E-state index is 6.35. The minimum absolute atomic E-state index is 0.118. The second kappa shape index (κ2) is 6.26. The molecule has 0 aliphatic carbocycles. The maximum Gasteiger partial charge on any atom is 0.0832 e. The topological polar surface area (TPSA) is 51.8 Å². The molecule has 1 heterocycles. The number of rotatable bonds is 5. The molecule has 0 fully saturated rings. The molecule has 2 rings (SSSR count). The second-order valence-electron chi connectivity index (χ2n) is 5.15. The number of nitrogens with zero attached hydrogens (tertiary/aromatic N) is 2. The Balaban J connectivity index is 2.23. The van der Waals surface area contributed by atoms with Crippen LogP contribution >= 0.6 is 11.5 Å². The van der Waals surface area contributed by atoms with Crippen LogP contribution < -0.4 is 5.73 Å². The van der Waals surface area contributed by atoms with E-state index in [0.717, 1.165) is 22.6 Å². The third-order valence-corrected chi connectivity index (χ3v) is 4.07. The average Bonchev–Trinajstić information content (AvgIpc) is 2.88. The zero-order chi connectivity index (χ0) is 13.8. The molecule has 0 radical (unpaired) electrons. The second-order valence-corrected chi connectivity index (χ2v) is 5.93. The van der Waals surface area contributed by atoms with Crippen LogP contribution in [0.1, 0.15) is 60.8 Å². The van der Waals surface area contributed by atoms with Crippen molar-refractivity contribution in [2.45, 2.75) is 45.6 Å². The monoisotopic (exact) mass is 275 g/mol. The van der Waals surface area contributed by atoms with Gasteiger partial charge in [0, 0.05) is 0 Å². The lowest BCUT2D eigenvalue weighted by Crippen LogP contribution is -2.13. The van der Waals surface area contributed by atoms with Crippen LogP contribution in [-0.2, 0) is 6.42 Å². The molecule has 1 unspecified atom stereocenters. The first kappa shape index (κ1) is 14.2. The van der Waals surface area contributed by atoms with E-state index in [1.54, 1.807) is 0 Å². The molecule has 1 atom stereocenters. The van der Waals surface area contributed by atoms with E-state index >= 15 is 0 Å². The lowest BCUT2D eigenvalue weighted by atomic mass is 9.99. The summed E-state index contributed by atoms with van der Waals surface area (Å²) < 4.78 is 4.05. The summed E-state index contributed by atoms with van der Waals surface area (Å²) in [6.07, 6.45) is 2.29. The van der Waals surface area contributed by atoms with Gasteiger partial charge in [0.05, 0.1) is 16.6 Å². The van der Waals surface area contributed by atoms with E-state index in [-0.39, 0.29) is 6.04 Å². The summed E-state index contributed by atoms with van der Waals surface area (Å²) in [5.41, 5.74) is 9.88. The molecule has 102 valence electrons. The first-order chi connectivity index (χ1) is 9.13. The number of hydrogen-bond donors (Lipinski definition) is 1. The standard InChI is InChI=1S/C15H21N3S/c1-4-5-11-6-8-12(9-7-11)13(16)15-14(10(2)3)17-18-19-15/h6-10,13H,4-5,16H2,1-3H3. The van der Waals surface area contributed by atoms with E-state index in [4.69, 9.17) is 5.73 Å². The highest BCUT2D eigenvalue weighted by atomic mass is 32.1. The number of benzene rings is 1. The molecule has 0 spiro atoms. The summed E-state index contributed by atoms with van der Waals surface area (Å²) in [6, 6.07) is 8.47. The summed E-state index contributed by atoms with van der Waals surface area (Å²) in [4.78, 5) is 1.08. The van der Waals surface area contributed by atoms with Crippen molar-refractivity contribution in [2.24, 2.45) is 5.73 Å². The first-order valence-corrected chi connectivity index (χ1v) is 7.57. The number of aryl methyl sites for hydroxylation is 1. The van der Waals surface area contributed by atoms with Crippen LogP contribution in [0.5, 0.6) is 0 Å². The third kappa shape index (κ3) is 3.19. The molecule has 19 heavy (non-hydrogen) atoms. The van der Waals surface area contributed by atoms with Crippen molar-refractivity contribution in [1.29, 1.82) is 0 Å². The highest BCUT2D eigenvalue weighted by Gasteiger charge is 2.19. The smallest absolute Gasteiger partial charge is 0.0832 e. The van der Waals surface area contributed by atoms with Gasteiger partial charge in [-0.05, 0) is 35.0 Å². The van der Waals surface area contributed by atoms with E-state index in [0.29, 0.717) is 5.92 Å². The number of nitrogens with two attached hydrogens (primary N) is 1. The van der Waals surface area contributed by atoms with Crippen molar-refractivity contribution in [3.63, 3.8) is 0 Å². The number of aromatic nitrogens is 2. The molecular weight excluding hydrogens is 254 g/mol. The van der Waals surface area contributed by atoms with E-state index in [2.05, 4.69) is 54.6 Å². The molecule has 4 heteroatoms. The van der Waals surface area contributed by atoms with E-state index in [1.165, 1.54) is 23.5 Å². The predicted octanol–water partition coefficient (Wildman–Crippen LogP) is 3.66. The average molecular weight is 275 g/mol. The largest absolute Gasteiger partial charge is 0.320 e. The Labute approximate surface area is 119 Å². The molecule has 2 aromatic rings. The zero-order valence-electron chi connectivity index (χ0n) is 11.8. The van der Waals surface area contributed by atoms with Crippen molar-refractivity contribution in [2.75, 3.05) is 0 Å². The molecule has 0 bridgehead atoms. The summed E-state index contributed by atoms with van der Waals surface area (Å²) >= 11 is 1.41. The van der Waals surface area contributed by atoms with Crippen molar-refractivity contribution in [3.05, 3.63) is 46.0 Å². The Kier molecular flexibility index (Phi) is 4.66. The van der Waals surface area contributed by atoms with Crippen LogP contribution in [0.4, 0.5) is 0 Å². The lowest BCUT2D eigenvalue weighted by molar-refractivity contribution is 0.770. The quantitative estimate of drug-likeness (QED) is 0.906. The first-order valence-electron chi connectivity index (χ1n) is 6.80. The Bertz CT molecular complexity index is 516. The Morgan fingerprint density at radius 3 is 2.47 bits per heavy atom. The third-order valence-electron chi connectivity index (χ3n) is 3.25. The van der Waals surface area contributed by atoms with Crippen LogP contribution in [0.15, 0.2) is 24.3 Å². The Morgan fingerprint density at radius 2 is 1.89 bits per heavy atom. The highest BCUT2D eigenvalue weighted by Crippen LogP contribution is 2.29. The summed E-state index contributed by atoms with van der Waals surface area (Å²) in [5.74, 6) is 0.360. The van der Waals surface area contributed by atoms with E-state index < -0.39 is 0 Å². The zero-order valence-corrected chi connectivity index (χ0v) is 12.6. The molecule has 1 aromatic heterocycles. The van der Waals surface area contributed by atoms with Gasteiger partial charge < -0.3 is 5.73 Å². The summed E-state index contributed by atoms with van der Waals surface area (Å²) in [6.45, 7) is 6.44. The minimum Gasteiger partial charge on any atom is -0.320 e. The highest BCUT2D eigenvalue weighted by molar-refractivity contribution is 7.05. The predicted molar refractivity (Wildman–Crippen MR) is 80.5 cm³/mol. The van der Waals surface area contributed by atoms with E-state index in [1.807, 2.05) is 0 Å². The van der Waals surface area contributed by atoms with Gasteiger partial charge in [-0.2, -0.15) is 0 Å². The van der Waals surface area contributed by atoms with Crippen LogP contribution in [0.2, 0.25) is 0 Å². The van der Waals surface area contributed by atoms with Gasteiger partial charge in [0.2, 0.25) is 0 Å². The van der Waals surface area contributed by atoms with Crippen LogP contribution in [0, 0.1) is 0 Å². The van der Waals surface area contributed by atoms with Gasteiger partial charge in [-0.15, -0.1) is 5.10 Å². The van der Waals surface area contributed by atoms with Gasteiger partial charge in [0.15, 0.2) is 0 Å². The van der Waals surface area contributed by atoms with E-state index in [9.17, 15) is 0 Å². The van der Waals surface area contributed by atoms with Crippen LogP contribution in [0.3, 0.4) is 0 Å². The van der Waals surface area contributed by atoms with Gasteiger partial charge in [-0.1, -0.05) is 55.9 Å². The Morgan fingerprint density at radius 1 is 1.21 bits per heavy atom. The Hall–Kier alpha value is -1.26. The lowest BCUT2D eigenvalue weighted by Gasteiger charge is -2.13. The van der Waals surface area contributed by atoms with Gasteiger partial charge in [-0.3, -0.25) is 0 Å². The van der Waals surface area contributed by atoms with Gasteiger partial charge in [0.1, 0.15) is 0 Å². The molecular formula is C15H21N3S. The van der Waals surface area contributed by atoms with Crippen molar-refractivity contribution < 1.29 is 0 Å². The molecule has 1 aromatic carbocycles. The van der Waals surface area contributed by atoms with Gasteiger partial charge >= 0.3 is 0 Å². The van der Waals surface area contributed by atoms with Gasteiger partial charge in [-0.25, -0.2) is 0 Å². The molecule has 0 aliphatic heterocycles. The fourth-order valence-corrected chi connectivity index (χ4v) is 2.99. The fourth-order valence-electron chi connectivity index (χ4n) is 2.15. The molecule has 0 saturated heterocycles. The number of hydrogen-bond acceptors (Lipinski definition) is 4. The normalized spacial score (nSPS) is 12.9. The van der Waals surface area contributed by atoms with Gasteiger partial charge in [0.25, 0.3) is 0 Å². The summed E-state index contributed by atoms with van der Waals surface area (Å²) in [7, 11) is 0.